The fraction of sp³-hybridized carbons (Fsp3) is 0.409. The Kier molecular flexibility index (Phi) is 7.46. The monoisotopic (exact) mass is 466 g/mol. The van der Waals surface area contributed by atoms with Crippen LogP contribution in [0.25, 0.3) is 0 Å². The van der Waals surface area contributed by atoms with Crippen LogP contribution in [0.3, 0.4) is 0 Å². The summed E-state index contributed by atoms with van der Waals surface area (Å²) in [5.41, 5.74) is 1.86. The minimum Gasteiger partial charge on any atom is -0.495 e. The fourth-order valence-corrected chi connectivity index (χ4v) is 5.21. The summed E-state index contributed by atoms with van der Waals surface area (Å²) < 4.78 is 39.2. The summed E-state index contributed by atoms with van der Waals surface area (Å²) in [7, 11) is -2.72. The van der Waals surface area contributed by atoms with Crippen molar-refractivity contribution in [3.8, 4) is 5.75 Å². The average Bonchev–Trinajstić information content (AvgIpc) is 3.26. The molecule has 1 saturated heterocycles. The lowest BCUT2D eigenvalue weighted by Gasteiger charge is -2.26. The van der Waals surface area contributed by atoms with Crippen LogP contribution < -0.4 is 14.4 Å². The van der Waals surface area contributed by atoms with Crippen molar-refractivity contribution in [3.05, 3.63) is 52.5 Å². The Morgan fingerprint density at radius 1 is 1.26 bits per heavy atom. The van der Waals surface area contributed by atoms with E-state index in [0.717, 1.165) is 28.3 Å². The Labute approximate surface area is 188 Å². The quantitative estimate of drug-likeness (QED) is 0.644. The number of hydrogen-bond acceptors (Lipinski definition) is 5. The van der Waals surface area contributed by atoms with Crippen LogP contribution in [-0.4, -0.2) is 47.2 Å². The number of sulfonamides is 1. The highest BCUT2D eigenvalue weighted by Gasteiger charge is 2.31. The van der Waals surface area contributed by atoms with E-state index >= 15 is 0 Å². The number of carbonyl (C=O) groups excluding carboxylic acids is 1. The second-order valence-corrected chi connectivity index (χ2v) is 9.78. The minimum absolute atomic E-state index is 0.0152. The van der Waals surface area contributed by atoms with E-state index in [-0.39, 0.29) is 16.7 Å². The molecule has 7 nitrogen and oxygen atoms in total. The number of nitrogens with one attached hydrogen (secondary N) is 1. The molecule has 0 bridgehead atoms. The standard InChI is InChI=1S/C22H27ClN2O5S/c1-15-6-9-20(29-3)21(11-15)31(27,28)25(17-8-7-16(2)19(23)12-17)14-22(26)24-13-18-5-4-10-30-18/h6-9,11-12,18H,4-5,10,13-14H2,1-3H3,(H,24,26)/t18-/m1/s1. The molecular weight excluding hydrogens is 440 g/mol. The molecule has 0 radical (unpaired) electrons. The Balaban J connectivity index is 1.95. The van der Waals surface area contributed by atoms with Gasteiger partial charge in [-0.25, -0.2) is 8.42 Å². The predicted octanol–water partition coefficient (Wildman–Crippen LogP) is 3.46. The molecular formula is C22H27ClN2O5S. The molecule has 0 unspecified atom stereocenters. The van der Waals surface area contributed by atoms with Crippen LogP contribution in [0.4, 0.5) is 5.69 Å². The highest BCUT2D eigenvalue weighted by Crippen LogP contribution is 2.32. The summed E-state index contributed by atoms with van der Waals surface area (Å²) in [6.45, 7) is 4.24. The van der Waals surface area contributed by atoms with Gasteiger partial charge in [-0.2, -0.15) is 0 Å². The van der Waals surface area contributed by atoms with Gasteiger partial charge in [0.15, 0.2) is 0 Å². The van der Waals surface area contributed by atoms with E-state index in [1.807, 2.05) is 6.92 Å². The number of carbonyl (C=O) groups is 1. The van der Waals surface area contributed by atoms with Crippen LogP contribution >= 0.6 is 11.6 Å². The van der Waals surface area contributed by atoms with Crippen molar-refractivity contribution in [2.24, 2.45) is 0 Å². The van der Waals surface area contributed by atoms with Crippen LogP contribution in [0.1, 0.15) is 24.0 Å². The third-order valence-electron chi connectivity index (χ3n) is 5.17. The van der Waals surface area contributed by atoms with Crippen molar-refractivity contribution in [1.29, 1.82) is 0 Å². The Bertz CT molecular complexity index is 1050. The maximum absolute atomic E-state index is 13.7. The smallest absolute Gasteiger partial charge is 0.268 e. The molecule has 9 heteroatoms. The summed E-state index contributed by atoms with van der Waals surface area (Å²) >= 11 is 6.26. The zero-order valence-corrected chi connectivity index (χ0v) is 19.4. The average molecular weight is 467 g/mol. The molecule has 1 aliphatic heterocycles. The molecule has 2 aromatic carbocycles. The lowest BCUT2D eigenvalue weighted by atomic mass is 10.2. The molecule has 1 atom stereocenters. The molecule has 3 rings (SSSR count). The number of amides is 1. The molecule has 0 saturated carbocycles. The summed E-state index contributed by atoms with van der Waals surface area (Å²) in [6, 6.07) is 9.79. The molecule has 1 N–H and O–H groups in total. The first kappa shape index (κ1) is 23.4. The number of aryl methyl sites for hydroxylation is 2. The molecule has 0 spiro atoms. The van der Waals surface area contributed by atoms with E-state index in [1.54, 1.807) is 37.3 Å². The highest BCUT2D eigenvalue weighted by molar-refractivity contribution is 7.93. The highest BCUT2D eigenvalue weighted by atomic mass is 35.5. The zero-order chi connectivity index (χ0) is 22.6. The van der Waals surface area contributed by atoms with Gasteiger partial charge in [0.25, 0.3) is 10.0 Å². The second-order valence-electron chi connectivity index (χ2n) is 7.54. The SMILES string of the molecule is COc1ccc(C)cc1S(=O)(=O)N(CC(=O)NC[C@H]1CCCO1)c1ccc(C)c(Cl)c1. The number of benzene rings is 2. The van der Waals surface area contributed by atoms with Crippen molar-refractivity contribution in [3.63, 3.8) is 0 Å². The number of ether oxygens (including phenoxy) is 2. The summed E-state index contributed by atoms with van der Waals surface area (Å²) in [6.07, 6.45) is 1.78. The van der Waals surface area contributed by atoms with Crippen molar-refractivity contribution < 1.29 is 22.7 Å². The van der Waals surface area contributed by atoms with E-state index in [1.165, 1.54) is 13.2 Å². The summed E-state index contributed by atoms with van der Waals surface area (Å²) in [5.74, 6) is -0.226. The first-order chi connectivity index (χ1) is 14.7. The molecule has 2 aromatic rings. The largest absolute Gasteiger partial charge is 0.495 e. The normalized spacial score (nSPS) is 16.2. The van der Waals surface area contributed by atoms with Gasteiger partial charge in [-0.1, -0.05) is 23.7 Å². The van der Waals surface area contributed by atoms with Crippen LogP contribution in [0.15, 0.2) is 41.3 Å². The molecule has 1 aliphatic rings. The van der Waals surface area contributed by atoms with Gasteiger partial charge in [0.1, 0.15) is 17.2 Å². The van der Waals surface area contributed by atoms with E-state index < -0.39 is 22.5 Å². The number of halogens is 1. The Morgan fingerprint density at radius 3 is 2.68 bits per heavy atom. The Hall–Kier alpha value is -2.29. The lowest BCUT2D eigenvalue weighted by molar-refractivity contribution is -0.120. The molecule has 31 heavy (non-hydrogen) atoms. The van der Waals surface area contributed by atoms with E-state index in [4.69, 9.17) is 21.1 Å². The number of hydrogen-bond donors (Lipinski definition) is 1. The van der Waals surface area contributed by atoms with Crippen molar-refractivity contribution in [2.75, 3.05) is 31.1 Å². The molecule has 1 heterocycles. The maximum atomic E-state index is 13.7. The molecule has 1 amide bonds. The molecule has 0 aliphatic carbocycles. The minimum atomic E-state index is -4.12. The third-order valence-corrected chi connectivity index (χ3v) is 7.37. The number of rotatable bonds is 8. The first-order valence-electron chi connectivity index (χ1n) is 10.0. The Morgan fingerprint density at radius 2 is 2.03 bits per heavy atom. The molecule has 168 valence electrons. The molecule has 1 fully saturated rings. The topological polar surface area (TPSA) is 84.9 Å². The van der Waals surface area contributed by atoms with Crippen LogP contribution in [0, 0.1) is 13.8 Å². The summed E-state index contributed by atoms with van der Waals surface area (Å²) in [4.78, 5) is 12.7. The lowest BCUT2D eigenvalue weighted by Crippen LogP contribution is -2.43. The van der Waals surface area contributed by atoms with E-state index in [9.17, 15) is 13.2 Å². The van der Waals surface area contributed by atoms with Crippen LogP contribution in [-0.2, 0) is 19.6 Å². The van der Waals surface area contributed by atoms with Crippen molar-refractivity contribution >= 4 is 33.2 Å². The van der Waals surface area contributed by atoms with E-state index in [2.05, 4.69) is 5.32 Å². The number of methoxy groups -OCH3 is 1. The first-order valence-corrected chi connectivity index (χ1v) is 11.9. The van der Waals surface area contributed by atoms with Gasteiger partial charge in [0, 0.05) is 18.2 Å². The van der Waals surface area contributed by atoms with Gasteiger partial charge in [0.2, 0.25) is 5.91 Å². The number of anilines is 1. The van der Waals surface area contributed by atoms with Gasteiger partial charge in [-0.05, 0) is 62.1 Å². The third kappa shape index (κ3) is 5.50. The molecule has 0 aromatic heterocycles. The predicted molar refractivity (Wildman–Crippen MR) is 120 cm³/mol. The second kappa shape index (κ2) is 9.89. The van der Waals surface area contributed by atoms with Crippen LogP contribution in [0.2, 0.25) is 5.02 Å². The fourth-order valence-electron chi connectivity index (χ4n) is 3.38. The van der Waals surface area contributed by atoms with Crippen LogP contribution in [0.5, 0.6) is 5.75 Å². The maximum Gasteiger partial charge on any atom is 0.268 e. The van der Waals surface area contributed by atoms with Gasteiger partial charge in [-0.3, -0.25) is 9.10 Å². The van der Waals surface area contributed by atoms with Gasteiger partial charge in [-0.15, -0.1) is 0 Å². The summed E-state index contributed by atoms with van der Waals surface area (Å²) in [5, 5.41) is 3.19. The van der Waals surface area contributed by atoms with Gasteiger partial charge >= 0.3 is 0 Å². The van der Waals surface area contributed by atoms with Gasteiger partial charge in [0.05, 0.1) is 18.9 Å². The van der Waals surface area contributed by atoms with Crippen molar-refractivity contribution in [1.82, 2.24) is 5.32 Å². The van der Waals surface area contributed by atoms with Crippen molar-refractivity contribution in [2.45, 2.75) is 37.7 Å². The van der Waals surface area contributed by atoms with E-state index in [0.29, 0.717) is 23.9 Å². The number of nitrogens with zero attached hydrogens (tertiary/aromatic N) is 1. The van der Waals surface area contributed by atoms with Gasteiger partial charge < -0.3 is 14.8 Å². The zero-order valence-electron chi connectivity index (χ0n) is 17.9.